The molecule has 0 spiro atoms. The summed E-state index contributed by atoms with van der Waals surface area (Å²) >= 11 is 3.33. The van der Waals surface area contributed by atoms with Gasteiger partial charge in [0.25, 0.3) is 10.0 Å². The van der Waals surface area contributed by atoms with Gasteiger partial charge in [-0.2, -0.15) is 0 Å². The molecule has 0 aliphatic heterocycles. The number of sulfonamides is 1. The van der Waals surface area contributed by atoms with Crippen LogP contribution in [0.2, 0.25) is 0 Å². The van der Waals surface area contributed by atoms with Crippen molar-refractivity contribution in [3.63, 3.8) is 0 Å². The second-order valence-corrected chi connectivity index (χ2v) is 6.73. The Balaban J connectivity index is 2.34. The van der Waals surface area contributed by atoms with Gasteiger partial charge < -0.3 is 4.74 Å². The van der Waals surface area contributed by atoms with Crippen molar-refractivity contribution in [1.29, 1.82) is 0 Å². The second-order valence-electron chi connectivity index (χ2n) is 4.22. The lowest BCUT2D eigenvalue weighted by molar-refractivity contribution is 0.412. The third-order valence-electron chi connectivity index (χ3n) is 2.79. The molecule has 106 valence electrons. The lowest BCUT2D eigenvalue weighted by Crippen LogP contribution is -2.14. The highest BCUT2D eigenvalue weighted by atomic mass is 79.9. The van der Waals surface area contributed by atoms with E-state index in [-0.39, 0.29) is 4.90 Å². The Hall–Kier alpha value is -1.53. The zero-order valence-corrected chi connectivity index (χ0v) is 13.5. The lowest BCUT2D eigenvalue weighted by Gasteiger charge is -2.11. The fourth-order valence-corrected chi connectivity index (χ4v) is 3.64. The molecule has 1 N–H and O–H groups in total. The molecule has 0 unspecified atom stereocenters. The molecule has 0 aromatic heterocycles. The minimum atomic E-state index is -3.59. The summed E-state index contributed by atoms with van der Waals surface area (Å²) in [6.45, 7) is 1.76. The van der Waals surface area contributed by atoms with Gasteiger partial charge in [-0.25, -0.2) is 8.42 Å². The quantitative estimate of drug-likeness (QED) is 0.911. The number of aryl methyl sites for hydroxylation is 1. The van der Waals surface area contributed by atoms with Crippen LogP contribution >= 0.6 is 15.9 Å². The molecule has 2 rings (SSSR count). The van der Waals surface area contributed by atoms with Gasteiger partial charge in [-0.15, -0.1) is 0 Å². The van der Waals surface area contributed by atoms with E-state index in [1.54, 1.807) is 56.5 Å². The van der Waals surface area contributed by atoms with Crippen LogP contribution in [0.4, 0.5) is 5.69 Å². The summed E-state index contributed by atoms with van der Waals surface area (Å²) in [6, 6.07) is 11.9. The number of ether oxygens (including phenoxy) is 1. The highest BCUT2D eigenvalue weighted by molar-refractivity contribution is 9.10. The van der Waals surface area contributed by atoms with Crippen molar-refractivity contribution >= 4 is 31.6 Å². The molecule has 0 bridgehead atoms. The van der Waals surface area contributed by atoms with E-state index in [0.29, 0.717) is 21.5 Å². The zero-order valence-electron chi connectivity index (χ0n) is 11.1. The van der Waals surface area contributed by atoms with E-state index in [0.717, 1.165) is 0 Å². The van der Waals surface area contributed by atoms with Crippen molar-refractivity contribution in [3.8, 4) is 5.75 Å². The van der Waals surface area contributed by atoms with E-state index in [4.69, 9.17) is 4.74 Å². The fraction of sp³-hybridized carbons (Fsp3) is 0.143. The summed E-state index contributed by atoms with van der Waals surface area (Å²) in [5.74, 6) is 0.642. The minimum Gasteiger partial charge on any atom is -0.496 e. The van der Waals surface area contributed by atoms with Gasteiger partial charge in [-0.3, -0.25) is 4.72 Å². The average molecular weight is 356 g/mol. The number of methoxy groups -OCH3 is 1. The van der Waals surface area contributed by atoms with E-state index >= 15 is 0 Å². The predicted molar refractivity (Wildman–Crippen MR) is 82.7 cm³/mol. The first-order valence-electron chi connectivity index (χ1n) is 5.86. The predicted octanol–water partition coefficient (Wildman–Crippen LogP) is 3.57. The molecule has 0 aliphatic carbocycles. The van der Waals surface area contributed by atoms with Gasteiger partial charge in [-0.05, 0) is 52.7 Å². The van der Waals surface area contributed by atoms with E-state index in [9.17, 15) is 8.42 Å². The third-order valence-corrected chi connectivity index (χ3v) is 4.95. The largest absolute Gasteiger partial charge is 0.496 e. The summed E-state index contributed by atoms with van der Waals surface area (Å²) in [7, 11) is -2.04. The highest BCUT2D eigenvalue weighted by Crippen LogP contribution is 2.29. The van der Waals surface area contributed by atoms with E-state index in [1.807, 2.05) is 0 Å². The first-order valence-corrected chi connectivity index (χ1v) is 8.13. The van der Waals surface area contributed by atoms with Gasteiger partial charge in [0, 0.05) is 0 Å². The summed E-state index contributed by atoms with van der Waals surface area (Å²) in [5, 5.41) is 0. The van der Waals surface area contributed by atoms with Gasteiger partial charge >= 0.3 is 0 Å². The summed E-state index contributed by atoms with van der Waals surface area (Å²) in [4.78, 5) is 0.270. The van der Waals surface area contributed by atoms with E-state index < -0.39 is 10.0 Å². The molecule has 0 saturated heterocycles. The molecular weight excluding hydrogens is 342 g/mol. The molecule has 0 atom stereocenters. The maximum Gasteiger partial charge on any atom is 0.262 e. The maximum absolute atomic E-state index is 12.3. The molecule has 0 amide bonds. The molecule has 20 heavy (non-hydrogen) atoms. The van der Waals surface area contributed by atoms with Crippen molar-refractivity contribution in [2.45, 2.75) is 11.8 Å². The molecule has 0 fully saturated rings. The molecule has 0 heterocycles. The summed E-state index contributed by atoms with van der Waals surface area (Å²) in [6.07, 6.45) is 0. The van der Waals surface area contributed by atoms with Gasteiger partial charge in [0.2, 0.25) is 0 Å². The van der Waals surface area contributed by atoms with E-state index in [1.165, 1.54) is 0 Å². The molecule has 0 radical (unpaired) electrons. The Labute approximate surface area is 127 Å². The monoisotopic (exact) mass is 355 g/mol. The number of halogens is 1. The normalized spacial score (nSPS) is 11.2. The van der Waals surface area contributed by atoms with Crippen LogP contribution in [0.5, 0.6) is 5.75 Å². The van der Waals surface area contributed by atoms with Gasteiger partial charge in [0.15, 0.2) is 0 Å². The molecule has 2 aromatic rings. The first kappa shape index (κ1) is 14.9. The van der Waals surface area contributed by atoms with Crippen LogP contribution in [0, 0.1) is 6.92 Å². The van der Waals surface area contributed by atoms with Gasteiger partial charge in [-0.1, -0.05) is 18.2 Å². The fourth-order valence-electron chi connectivity index (χ4n) is 1.80. The maximum atomic E-state index is 12.3. The van der Waals surface area contributed by atoms with Crippen LogP contribution < -0.4 is 9.46 Å². The van der Waals surface area contributed by atoms with Gasteiger partial charge in [0.05, 0.1) is 22.2 Å². The van der Waals surface area contributed by atoms with Crippen LogP contribution in [0.25, 0.3) is 0 Å². The molecular formula is C14H14BrNO3S. The number of nitrogens with one attached hydrogen (secondary N) is 1. The van der Waals surface area contributed by atoms with Crippen molar-refractivity contribution in [2.24, 2.45) is 0 Å². The zero-order chi connectivity index (χ0) is 14.8. The molecule has 0 aliphatic rings. The molecule has 0 saturated carbocycles. The van der Waals surface area contributed by atoms with Crippen molar-refractivity contribution in [3.05, 3.63) is 52.5 Å². The molecule has 2 aromatic carbocycles. The number of benzene rings is 2. The van der Waals surface area contributed by atoms with E-state index in [2.05, 4.69) is 20.7 Å². The van der Waals surface area contributed by atoms with Crippen molar-refractivity contribution < 1.29 is 13.2 Å². The standard InChI is InChI=1S/C14H14BrNO3S/c1-10-5-3-4-6-14(10)20(17,18)16-11-7-8-13(19-2)12(15)9-11/h3-9,16H,1-2H3. The Kier molecular flexibility index (Phi) is 4.35. The van der Waals surface area contributed by atoms with Crippen LogP contribution in [0.1, 0.15) is 5.56 Å². The van der Waals surface area contributed by atoms with Crippen molar-refractivity contribution in [1.82, 2.24) is 0 Å². The minimum absolute atomic E-state index is 0.270. The molecule has 4 nitrogen and oxygen atoms in total. The van der Waals surface area contributed by atoms with Crippen LogP contribution in [-0.2, 0) is 10.0 Å². The third kappa shape index (κ3) is 3.13. The second kappa shape index (κ2) is 5.85. The summed E-state index contributed by atoms with van der Waals surface area (Å²) < 4.78 is 33.0. The number of hydrogen-bond acceptors (Lipinski definition) is 3. The average Bonchev–Trinajstić information content (AvgIpc) is 2.38. The Morgan fingerprint density at radius 1 is 1.15 bits per heavy atom. The number of hydrogen-bond donors (Lipinski definition) is 1. The Morgan fingerprint density at radius 2 is 1.85 bits per heavy atom. The lowest BCUT2D eigenvalue weighted by atomic mass is 10.2. The topological polar surface area (TPSA) is 55.4 Å². The SMILES string of the molecule is COc1ccc(NS(=O)(=O)c2ccccc2C)cc1Br. The molecule has 6 heteroatoms. The summed E-state index contributed by atoms with van der Waals surface area (Å²) in [5.41, 5.74) is 1.17. The van der Waals surface area contributed by atoms with Crippen LogP contribution in [0.15, 0.2) is 51.8 Å². The Bertz CT molecular complexity index is 729. The Morgan fingerprint density at radius 3 is 2.45 bits per heavy atom. The smallest absolute Gasteiger partial charge is 0.262 e. The van der Waals surface area contributed by atoms with Crippen LogP contribution in [0.3, 0.4) is 0 Å². The first-order chi connectivity index (χ1) is 9.44. The van der Waals surface area contributed by atoms with Crippen molar-refractivity contribution in [2.75, 3.05) is 11.8 Å². The number of rotatable bonds is 4. The van der Waals surface area contributed by atoms with Gasteiger partial charge in [0.1, 0.15) is 5.75 Å². The number of anilines is 1. The highest BCUT2D eigenvalue weighted by Gasteiger charge is 2.16. The van der Waals surface area contributed by atoms with Crippen LogP contribution in [-0.4, -0.2) is 15.5 Å².